The first-order valence-corrected chi connectivity index (χ1v) is 9.06. The molecular formula is C12H27Ti. The third-order valence-electron chi connectivity index (χ3n) is 2.09. The molecule has 0 aliphatic heterocycles. The van der Waals surface area contributed by atoms with Crippen LogP contribution in [0.2, 0.25) is 14.2 Å². The minimum absolute atomic E-state index is 0.681. The normalized spacial score (nSPS) is 11.8. The Hall–Kier alpha value is 0.714. The zero-order valence-electron chi connectivity index (χ0n) is 10.4. The Morgan fingerprint density at radius 1 is 0.615 bits per heavy atom. The molecule has 0 rings (SSSR count). The molecule has 0 radical (unpaired) electrons. The van der Waals surface area contributed by atoms with E-state index in [1.165, 1.54) is 0 Å². The van der Waals surface area contributed by atoms with Crippen molar-refractivity contribution in [3.63, 3.8) is 0 Å². The van der Waals surface area contributed by atoms with Gasteiger partial charge in [0.15, 0.2) is 0 Å². The average molecular weight is 219 g/mol. The van der Waals surface area contributed by atoms with Crippen molar-refractivity contribution in [1.82, 2.24) is 0 Å². The molecule has 79 valence electrons. The number of rotatable bonds is 6. The van der Waals surface area contributed by atoms with Crippen LogP contribution in [0.15, 0.2) is 0 Å². The molecule has 0 aromatic rings. The average Bonchev–Trinajstić information content (AvgIpc) is 1.80. The summed E-state index contributed by atoms with van der Waals surface area (Å²) in [5, 5.41) is 0. The van der Waals surface area contributed by atoms with E-state index in [4.69, 9.17) is 0 Å². The van der Waals surface area contributed by atoms with Gasteiger partial charge in [0.1, 0.15) is 0 Å². The summed E-state index contributed by atoms with van der Waals surface area (Å²) < 4.78 is 4.74. The van der Waals surface area contributed by atoms with E-state index in [1.54, 1.807) is 14.2 Å². The van der Waals surface area contributed by atoms with Crippen molar-refractivity contribution in [3.8, 4) is 0 Å². The van der Waals surface area contributed by atoms with E-state index < -0.39 is 17.9 Å². The molecule has 0 nitrogen and oxygen atoms in total. The van der Waals surface area contributed by atoms with Gasteiger partial charge in [-0.15, -0.1) is 0 Å². The second-order valence-electron chi connectivity index (χ2n) is 5.54. The maximum absolute atomic E-state index is 2.38. The van der Waals surface area contributed by atoms with Crippen LogP contribution in [0, 0.1) is 17.8 Å². The van der Waals surface area contributed by atoms with Gasteiger partial charge in [0.25, 0.3) is 0 Å². The van der Waals surface area contributed by atoms with Crippen molar-refractivity contribution in [2.24, 2.45) is 17.8 Å². The van der Waals surface area contributed by atoms with Gasteiger partial charge in [-0.25, -0.2) is 0 Å². The van der Waals surface area contributed by atoms with Crippen molar-refractivity contribution in [3.05, 3.63) is 0 Å². The summed E-state index contributed by atoms with van der Waals surface area (Å²) in [6.07, 6.45) is 0. The van der Waals surface area contributed by atoms with E-state index in [0.29, 0.717) is 0 Å². The molecule has 0 saturated carbocycles. The predicted molar refractivity (Wildman–Crippen MR) is 58.9 cm³/mol. The molecular weight excluding hydrogens is 192 g/mol. The summed E-state index contributed by atoms with van der Waals surface area (Å²) in [6, 6.07) is 0. The zero-order valence-corrected chi connectivity index (χ0v) is 11.9. The van der Waals surface area contributed by atoms with Crippen LogP contribution in [0.25, 0.3) is 0 Å². The predicted octanol–water partition coefficient (Wildman–Crippen LogP) is 4.83. The van der Waals surface area contributed by atoms with Gasteiger partial charge in [-0.1, -0.05) is 0 Å². The molecule has 0 saturated heterocycles. The second kappa shape index (κ2) is 7.07. The van der Waals surface area contributed by atoms with Crippen molar-refractivity contribution >= 4 is 0 Å². The monoisotopic (exact) mass is 219 g/mol. The summed E-state index contributed by atoms with van der Waals surface area (Å²) >= 11 is -0.681. The Balaban J connectivity index is 3.87. The Labute approximate surface area is 91.3 Å². The van der Waals surface area contributed by atoms with Gasteiger partial charge in [-0.05, 0) is 0 Å². The molecule has 0 bridgehead atoms. The Kier molecular flexibility index (Phi) is 7.45. The van der Waals surface area contributed by atoms with Gasteiger partial charge in [0.05, 0.1) is 0 Å². The second-order valence-corrected chi connectivity index (χ2v) is 9.80. The first-order valence-electron chi connectivity index (χ1n) is 5.75. The molecule has 0 atom stereocenters. The van der Waals surface area contributed by atoms with Crippen molar-refractivity contribution in [2.45, 2.75) is 55.7 Å². The van der Waals surface area contributed by atoms with Crippen LogP contribution >= 0.6 is 0 Å². The summed E-state index contributed by atoms with van der Waals surface area (Å²) in [5.41, 5.74) is 0. The van der Waals surface area contributed by atoms with E-state index in [9.17, 15) is 0 Å². The van der Waals surface area contributed by atoms with Crippen LogP contribution in [0.3, 0.4) is 0 Å². The van der Waals surface area contributed by atoms with Crippen molar-refractivity contribution in [2.75, 3.05) is 0 Å². The van der Waals surface area contributed by atoms with E-state index in [1.807, 2.05) is 0 Å². The van der Waals surface area contributed by atoms with Crippen LogP contribution < -0.4 is 0 Å². The fourth-order valence-electron chi connectivity index (χ4n) is 1.98. The molecule has 13 heavy (non-hydrogen) atoms. The van der Waals surface area contributed by atoms with Gasteiger partial charge in [-0.3, -0.25) is 0 Å². The van der Waals surface area contributed by atoms with E-state index in [0.717, 1.165) is 17.8 Å². The Morgan fingerprint density at radius 3 is 1.00 bits per heavy atom. The fourth-order valence-corrected chi connectivity index (χ4v) is 8.17. The summed E-state index contributed by atoms with van der Waals surface area (Å²) in [6.45, 7) is 14.3. The molecule has 0 aliphatic carbocycles. The van der Waals surface area contributed by atoms with Crippen LogP contribution in [0.1, 0.15) is 41.5 Å². The fraction of sp³-hybridized carbons (Fsp3) is 1.00. The topological polar surface area (TPSA) is 0 Å². The van der Waals surface area contributed by atoms with Gasteiger partial charge in [0, 0.05) is 0 Å². The molecule has 0 heterocycles. The molecule has 0 unspecified atom stereocenters. The van der Waals surface area contributed by atoms with Gasteiger partial charge in [0.2, 0.25) is 0 Å². The van der Waals surface area contributed by atoms with E-state index in [2.05, 4.69) is 41.5 Å². The third-order valence-corrected chi connectivity index (χ3v) is 8.62. The first-order chi connectivity index (χ1) is 5.91. The van der Waals surface area contributed by atoms with E-state index >= 15 is 0 Å². The van der Waals surface area contributed by atoms with Gasteiger partial charge in [-0.2, -0.15) is 0 Å². The molecule has 0 spiro atoms. The van der Waals surface area contributed by atoms with Gasteiger partial charge >= 0.3 is 91.3 Å². The summed E-state index contributed by atoms with van der Waals surface area (Å²) in [7, 11) is 0. The SMILES string of the molecule is CC(C)[CH2][Ti]([CH2]C(C)C)[CH2]C(C)C. The summed E-state index contributed by atoms with van der Waals surface area (Å²) in [4.78, 5) is 0. The first kappa shape index (κ1) is 13.7. The molecule has 0 N–H and O–H groups in total. The maximum atomic E-state index is 2.38. The van der Waals surface area contributed by atoms with Crippen LogP contribution in [-0.4, -0.2) is 0 Å². The molecule has 0 aromatic carbocycles. The molecule has 0 amide bonds. The third kappa shape index (κ3) is 9.03. The molecule has 0 fully saturated rings. The molecule has 0 aromatic heterocycles. The zero-order chi connectivity index (χ0) is 10.4. The van der Waals surface area contributed by atoms with Crippen LogP contribution in [-0.2, 0) is 17.9 Å². The quantitative estimate of drug-likeness (QED) is 0.561. The van der Waals surface area contributed by atoms with Crippen LogP contribution in [0.5, 0.6) is 0 Å². The van der Waals surface area contributed by atoms with E-state index in [-0.39, 0.29) is 0 Å². The number of hydrogen-bond donors (Lipinski definition) is 0. The summed E-state index contributed by atoms with van der Waals surface area (Å²) in [5.74, 6) is 2.81. The van der Waals surface area contributed by atoms with Crippen molar-refractivity contribution < 1.29 is 17.9 Å². The molecule has 0 aliphatic rings. The standard InChI is InChI=1S/3C4H9.Ti/c3*1-4(2)3;/h3*4H,1H2,2-3H3;. The Bertz CT molecular complexity index is 92.5. The Morgan fingerprint density at radius 2 is 0.846 bits per heavy atom. The van der Waals surface area contributed by atoms with Gasteiger partial charge < -0.3 is 0 Å². The van der Waals surface area contributed by atoms with Crippen molar-refractivity contribution in [1.29, 1.82) is 0 Å². The number of hydrogen-bond acceptors (Lipinski definition) is 0. The van der Waals surface area contributed by atoms with Crippen LogP contribution in [0.4, 0.5) is 0 Å². The minimum atomic E-state index is -0.681. The molecule has 1 heteroatoms.